The fraction of sp³-hybridized carbons (Fsp3) is 0.0690. The van der Waals surface area contributed by atoms with Gasteiger partial charge < -0.3 is 9.80 Å². The Morgan fingerprint density at radius 3 is 0.433 bits per heavy atom. The zero-order valence-electron chi connectivity index (χ0n) is 34.7. The van der Waals surface area contributed by atoms with Crippen molar-refractivity contribution in [3.63, 3.8) is 0 Å². The highest BCUT2D eigenvalue weighted by molar-refractivity contribution is 5.84. The van der Waals surface area contributed by atoms with Crippen molar-refractivity contribution in [2.75, 3.05) is 9.80 Å². The summed E-state index contributed by atoms with van der Waals surface area (Å²) in [6.07, 6.45) is 0. The van der Waals surface area contributed by atoms with E-state index in [-0.39, 0.29) is 0 Å². The van der Waals surface area contributed by atoms with Gasteiger partial charge in [-0.05, 0) is 145 Å². The molecule has 0 aliphatic carbocycles. The highest BCUT2D eigenvalue weighted by atomic mass is 15.2. The van der Waals surface area contributed by atoms with E-state index in [9.17, 15) is 0 Å². The van der Waals surface area contributed by atoms with Crippen LogP contribution in [0.4, 0.5) is 34.1 Å². The second-order valence-corrected chi connectivity index (χ2v) is 15.8. The van der Waals surface area contributed by atoms with Gasteiger partial charge in [-0.2, -0.15) is 0 Å². The maximum Gasteiger partial charge on any atom is 0.0463 e. The Morgan fingerprint density at radius 2 is 0.283 bits per heavy atom. The van der Waals surface area contributed by atoms with Crippen LogP contribution >= 0.6 is 0 Å². The molecule has 0 unspecified atom stereocenters. The van der Waals surface area contributed by atoms with Crippen molar-refractivity contribution >= 4 is 34.1 Å². The molecule has 0 fully saturated rings. The fourth-order valence-electron chi connectivity index (χ4n) is 7.84. The Balaban J connectivity index is 1.09. The van der Waals surface area contributed by atoms with Crippen LogP contribution in [0.25, 0.3) is 44.5 Å². The zero-order valence-corrected chi connectivity index (χ0v) is 34.7. The molecule has 0 N–H and O–H groups in total. The van der Waals surface area contributed by atoms with Gasteiger partial charge in [0.1, 0.15) is 0 Å². The molecule has 0 radical (unpaired) electrons. The highest BCUT2D eigenvalue weighted by Crippen LogP contribution is 2.41. The second-order valence-electron chi connectivity index (χ2n) is 15.8. The van der Waals surface area contributed by atoms with Gasteiger partial charge in [-0.3, -0.25) is 0 Å². The van der Waals surface area contributed by atoms with Crippen molar-refractivity contribution in [3.8, 4) is 44.5 Å². The lowest BCUT2D eigenvalue weighted by Gasteiger charge is -2.29. The monoisotopic (exact) mass is 772 g/mol. The Bertz CT molecular complexity index is 2420. The number of nitrogens with zero attached hydrogens (tertiary/aromatic N) is 2. The predicted molar refractivity (Wildman–Crippen MR) is 256 cm³/mol. The minimum absolute atomic E-state index is 1.08. The highest BCUT2D eigenvalue weighted by Gasteiger charge is 2.17. The second kappa shape index (κ2) is 16.8. The van der Waals surface area contributed by atoms with E-state index in [0.717, 1.165) is 34.1 Å². The van der Waals surface area contributed by atoms with E-state index < -0.39 is 0 Å². The van der Waals surface area contributed by atoms with Gasteiger partial charge in [0.15, 0.2) is 0 Å². The van der Waals surface area contributed by atoms with Crippen LogP contribution in [0.3, 0.4) is 0 Å². The molecule has 0 saturated carbocycles. The van der Waals surface area contributed by atoms with E-state index in [4.69, 9.17) is 0 Å². The summed E-state index contributed by atoms with van der Waals surface area (Å²) in [7, 11) is 0. The van der Waals surface area contributed by atoms with Crippen LogP contribution in [0.15, 0.2) is 218 Å². The molecule has 0 aliphatic rings. The summed E-state index contributed by atoms with van der Waals surface area (Å²) in [5.74, 6) is 0. The molecule has 0 aliphatic heterocycles. The standard InChI is InChI=1S/C58H48N2/c1-41-5-13-45(14-6-41)49-21-29-53(30-22-49)59(54-31-23-50(24-32-54)46-15-7-42(2)8-16-46)57-37-39-58(40-38-57)60(55-33-25-51(26-34-55)47-17-9-43(3)10-18-47)56-35-27-52(28-36-56)48-19-11-44(4)12-20-48/h5-40H,1-4H3. The summed E-state index contributed by atoms with van der Waals surface area (Å²) in [6, 6.07) is 79.6. The van der Waals surface area contributed by atoms with Crippen LogP contribution in [0.5, 0.6) is 0 Å². The molecule has 0 saturated heterocycles. The average molecular weight is 773 g/mol. The average Bonchev–Trinajstić information content (AvgIpc) is 3.29. The Morgan fingerprint density at radius 1 is 0.167 bits per heavy atom. The summed E-state index contributed by atoms with van der Waals surface area (Å²) in [6.45, 7) is 8.52. The first-order valence-corrected chi connectivity index (χ1v) is 20.7. The number of hydrogen-bond acceptors (Lipinski definition) is 2. The number of rotatable bonds is 10. The summed E-state index contributed by atoms with van der Waals surface area (Å²) < 4.78 is 0. The van der Waals surface area contributed by atoms with Crippen LogP contribution in [-0.4, -0.2) is 0 Å². The molecule has 9 aromatic carbocycles. The van der Waals surface area contributed by atoms with Crippen LogP contribution < -0.4 is 9.80 Å². The van der Waals surface area contributed by atoms with Crippen LogP contribution in [-0.2, 0) is 0 Å². The molecular weight excluding hydrogens is 725 g/mol. The molecule has 9 aromatic rings. The van der Waals surface area contributed by atoms with Gasteiger partial charge in [-0.15, -0.1) is 0 Å². The Labute approximate surface area is 355 Å². The molecule has 290 valence electrons. The lowest BCUT2D eigenvalue weighted by Crippen LogP contribution is -2.12. The van der Waals surface area contributed by atoms with Crippen molar-refractivity contribution in [2.45, 2.75) is 27.7 Å². The van der Waals surface area contributed by atoms with E-state index in [2.05, 4.69) is 256 Å². The predicted octanol–water partition coefficient (Wildman–Crippen LogP) is 16.5. The van der Waals surface area contributed by atoms with Crippen molar-refractivity contribution in [1.82, 2.24) is 0 Å². The summed E-state index contributed by atoms with van der Waals surface area (Å²) in [5.41, 5.74) is 21.2. The first kappa shape index (κ1) is 38.1. The third kappa shape index (κ3) is 8.27. The van der Waals surface area contributed by atoms with Crippen LogP contribution in [0, 0.1) is 27.7 Å². The molecule has 2 nitrogen and oxygen atoms in total. The summed E-state index contributed by atoms with van der Waals surface area (Å²) in [5, 5.41) is 0. The molecule has 0 heterocycles. The smallest absolute Gasteiger partial charge is 0.0463 e. The van der Waals surface area contributed by atoms with E-state index >= 15 is 0 Å². The first-order valence-electron chi connectivity index (χ1n) is 20.7. The van der Waals surface area contributed by atoms with Gasteiger partial charge in [-0.25, -0.2) is 0 Å². The number of anilines is 6. The molecular formula is C58H48N2. The summed E-state index contributed by atoms with van der Waals surface area (Å²) in [4.78, 5) is 4.69. The largest absolute Gasteiger partial charge is 0.311 e. The third-order valence-electron chi connectivity index (χ3n) is 11.4. The van der Waals surface area contributed by atoms with Crippen molar-refractivity contribution in [2.24, 2.45) is 0 Å². The van der Waals surface area contributed by atoms with E-state index in [1.165, 1.54) is 66.8 Å². The Hall–Kier alpha value is -7.42. The molecule has 0 amide bonds. The van der Waals surface area contributed by atoms with Crippen LogP contribution in [0.1, 0.15) is 22.3 Å². The van der Waals surface area contributed by atoms with Gasteiger partial charge in [0, 0.05) is 34.1 Å². The number of benzene rings is 9. The van der Waals surface area contributed by atoms with Crippen molar-refractivity contribution < 1.29 is 0 Å². The minimum Gasteiger partial charge on any atom is -0.311 e. The van der Waals surface area contributed by atoms with E-state index in [1.807, 2.05) is 0 Å². The quantitative estimate of drug-likeness (QED) is 0.137. The van der Waals surface area contributed by atoms with Gasteiger partial charge in [0.25, 0.3) is 0 Å². The molecule has 0 atom stereocenters. The van der Waals surface area contributed by atoms with Gasteiger partial charge in [0.05, 0.1) is 0 Å². The van der Waals surface area contributed by atoms with E-state index in [0.29, 0.717) is 0 Å². The van der Waals surface area contributed by atoms with Crippen LogP contribution in [0.2, 0.25) is 0 Å². The van der Waals surface area contributed by atoms with Crippen molar-refractivity contribution in [1.29, 1.82) is 0 Å². The first-order chi connectivity index (χ1) is 29.3. The summed E-state index contributed by atoms with van der Waals surface area (Å²) >= 11 is 0. The number of hydrogen-bond donors (Lipinski definition) is 0. The molecule has 0 spiro atoms. The fourth-order valence-corrected chi connectivity index (χ4v) is 7.84. The third-order valence-corrected chi connectivity index (χ3v) is 11.4. The lowest BCUT2D eigenvalue weighted by atomic mass is 10.0. The molecule has 60 heavy (non-hydrogen) atoms. The Kier molecular flexibility index (Phi) is 10.7. The maximum absolute atomic E-state index is 2.35. The maximum atomic E-state index is 2.35. The zero-order chi connectivity index (χ0) is 41.0. The molecule has 2 heteroatoms. The van der Waals surface area contributed by atoms with E-state index in [1.54, 1.807) is 0 Å². The lowest BCUT2D eigenvalue weighted by molar-refractivity contribution is 1.26. The normalized spacial score (nSPS) is 11.0. The van der Waals surface area contributed by atoms with Crippen molar-refractivity contribution in [3.05, 3.63) is 241 Å². The SMILES string of the molecule is Cc1ccc(-c2ccc(N(c3ccc(-c4ccc(C)cc4)cc3)c3ccc(N(c4ccc(-c5ccc(C)cc5)cc4)c4ccc(-c5ccc(C)cc5)cc4)cc3)cc2)cc1. The molecule has 9 rings (SSSR count). The minimum atomic E-state index is 1.08. The molecule has 0 aromatic heterocycles. The van der Waals surface area contributed by atoms with Gasteiger partial charge in [0.2, 0.25) is 0 Å². The topological polar surface area (TPSA) is 6.48 Å². The molecule has 0 bridgehead atoms. The van der Waals surface area contributed by atoms with Gasteiger partial charge >= 0.3 is 0 Å². The van der Waals surface area contributed by atoms with Gasteiger partial charge in [-0.1, -0.05) is 168 Å². The number of aryl methyl sites for hydroxylation is 4.